The SMILES string of the molecule is COc1ccc(C)cc1-n1cc(C#N)c(=O)cc1C. The van der Waals surface area contributed by atoms with Gasteiger partial charge in [0.15, 0.2) is 5.43 Å². The lowest BCUT2D eigenvalue weighted by molar-refractivity contribution is 0.412. The lowest BCUT2D eigenvalue weighted by Gasteiger charge is -2.15. The maximum Gasteiger partial charge on any atom is 0.199 e. The van der Waals surface area contributed by atoms with Crippen LogP contribution in [0.2, 0.25) is 0 Å². The average Bonchev–Trinajstić information content (AvgIpc) is 2.39. The molecule has 1 aromatic heterocycles. The second kappa shape index (κ2) is 4.99. The van der Waals surface area contributed by atoms with E-state index in [1.54, 1.807) is 17.9 Å². The van der Waals surface area contributed by atoms with Crippen LogP contribution in [0.4, 0.5) is 0 Å². The Labute approximate surface area is 111 Å². The van der Waals surface area contributed by atoms with E-state index in [0.29, 0.717) is 5.75 Å². The van der Waals surface area contributed by atoms with Gasteiger partial charge < -0.3 is 9.30 Å². The summed E-state index contributed by atoms with van der Waals surface area (Å²) in [5, 5.41) is 8.97. The first-order chi connectivity index (χ1) is 9.06. The van der Waals surface area contributed by atoms with Crippen molar-refractivity contribution < 1.29 is 4.74 Å². The third kappa shape index (κ3) is 2.36. The van der Waals surface area contributed by atoms with E-state index in [9.17, 15) is 4.79 Å². The van der Waals surface area contributed by atoms with E-state index in [2.05, 4.69) is 0 Å². The fourth-order valence-electron chi connectivity index (χ4n) is 1.96. The Hall–Kier alpha value is -2.54. The summed E-state index contributed by atoms with van der Waals surface area (Å²) in [6.45, 7) is 3.80. The molecular weight excluding hydrogens is 240 g/mol. The summed E-state index contributed by atoms with van der Waals surface area (Å²) in [5.74, 6) is 0.696. The van der Waals surface area contributed by atoms with Gasteiger partial charge in [-0.1, -0.05) is 6.07 Å². The number of rotatable bonds is 2. The van der Waals surface area contributed by atoms with Gasteiger partial charge in [-0.3, -0.25) is 4.79 Å². The molecule has 2 aromatic rings. The zero-order valence-electron chi connectivity index (χ0n) is 11.1. The number of ether oxygens (including phenoxy) is 1. The summed E-state index contributed by atoms with van der Waals surface area (Å²) in [4.78, 5) is 11.6. The number of benzene rings is 1. The maximum atomic E-state index is 11.6. The Morgan fingerprint density at radius 1 is 1.26 bits per heavy atom. The summed E-state index contributed by atoms with van der Waals surface area (Å²) in [6, 6.07) is 9.14. The van der Waals surface area contributed by atoms with Gasteiger partial charge in [-0.15, -0.1) is 0 Å². The summed E-state index contributed by atoms with van der Waals surface area (Å²) < 4.78 is 7.13. The minimum atomic E-state index is -0.261. The number of pyridine rings is 1. The molecule has 0 fully saturated rings. The van der Waals surface area contributed by atoms with Gasteiger partial charge in [0.2, 0.25) is 0 Å². The van der Waals surface area contributed by atoms with Crippen LogP contribution in [0.3, 0.4) is 0 Å². The lowest BCUT2D eigenvalue weighted by Crippen LogP contribution is -2.12. The van der Waals surface area contributed by atoms with Crippen molar-refractivity contribution >= 4 is 0 Å². The van der Waals surface area contributed by atoms with Crippen LogP contribution in [0, 0.1) is 25.2 Å². The molecule has 4 heteroatoms. The monoisotopic (exact) mass is 254 g/mol. The standard InChI is InChI=1S/C15H14N2O2/c1-10-4-5-15(19-3)13(6-10)17-9-12(8-16)14(18)7-11(17)2/h4-7,9H,1-3H3. The molecule has 96 valence electrons. The van der Waals surface area contributed by atoms with Gasteiger partial charge in [0.05, 0.1) is 12.8 Å². The van der Waals surface area contributed by atoms with E-state index in [1.807, 2.05) is 38.1 Å². The zero-order chi connectivity index (χ0) is 14.0. The summed E-state index contributed by atoms with van der Waals surface area (Å²) in [7, 11) is 1.59. The molecule has 2 rings (SSSR count). The first-order valence-electron chi connectivity index (χ1n) is 5.85. The molecule has 0 radical (unpaired) electrons. The zero-order valence-corrected chi connectivity index (χ0v) is 11.1. The number of nitrogens with zero attached hydrogens (tertiary/aromatic N) is 2. The highest BCUT2D eigenvalue weighted by atomic mass is 16.5. The highest BCUT2D eigenvalue weighted by molar-refractivity contribution is 5.51. The van der Waals surface area contributed by atoms with Crippen LogP contribution in [-0.2, 0) is 0 Å². The summed E-state index contributed by atoms with van der Waals surface area (Å²) >= 11 is 0. The first kappa shape index (κ1) is 12.9. The van der Waals surface area contributed by atoms with Gasteiger partial charge in [0, 0.05) is 18.0 Å². The van der Waals surface area contributed by atoms with Gasteiger partial charge in [0.25, 0.3) is 0 Å². The molecule has 0 aliphatic rings. The molecular formula is C15H14N2O2. The average molecular weight is 254 g/mol. The van der Waals surface area contributed by atoms with Crippen molar-refractivity contribution in [1.82, 2.24) is 4.57 Å². The Kier molecular flexibility index (Phi) is 3.39. The fourth-order valence-corrected chi connectivity index (χ4v) is 1.96. The number of hydrogen-bond donors (Lipinski definition) is 0. The van der Waals surface area contributed by atoms with Crippen molar-refractivity contribution in [3.63, 3.8) is 0 Å². The van der Waals surface area contributed by atoms with Gasteiger partial charge in [-0.05, 0) is 31.5 Å². The topological polar surface area (TPSA) is 55.0 Å². The molecule has 0 atom stereocenters. The van der Waals surface area contributed by atoms with E-state index in [-0.39, 0.29) is 11.0 Å². The van der Waals surface area contributed by atoms with Gasteiger partial charge in [-0.25, -0.2) is 0 Å². The van der Waals surface area contributed by atoms with E-state index < -0.39 is 0 Å². The molecule has 0 amide bonds. The predicted molar refractivity (Wildman–Crippen MR) is 72.8 cm³/mol. The van der Waals surface area contributed by atoms with Gasteiger partial charge in [0.1, 0.15) is 17.4 Å². The Bertz CT molecular complexity index is 724. The Morgan fingerprint density at radius 3 is 2.63 bits per heavy atom. The molecule has 0 N–H and O–H groups in total. The van der Waals surface area contributed by atoms with Crippen molar-refractivity contribution in [2.75, 3.05) is 7.11 Å². The second-order valence-corrected chi connectivity index (χ2v) is 4.35. The Balaban J connectivity index is 2.75. The molecule has 1 aromatic carbocycles. The number of methoxy groups -OCH3 is 1. The smallest absolute Gasteiger partial charge is 0.199 e. The van der Waals surface area contributed by atoms with Crippen molar-refractivity contribution in [3.8, 4) is 17.5 Å². The van der Waals surface area contributed by atoms with Crippen LogP contribution in [0.1, 0.15) is 16.8 Å². The molecule has 0 bridgehead atoms. The number of hydrogen-bond acceptors (Lipinski definition) is 3. The number of nitriles is 1. The van der Waals surface area contributed by atoms with Crippen LogP contribution in [0.25, 0.3) is 5.69 Å². The molecule has 4 nitrogen and oxygen atoms in total. The molecule has 0 saturated carbocycles. The third-order valence-corrected chi connectivity index (χ3v) is 2.96. The molecule has 0 saturated heterocycles. The highest BCUT2D eigenvalue weighted by Gasteiger charge is 2.09. The maximum absolute atomic E-state index is 11.6. The van der Waals surface area contributed by atoms with Crippen molar-refractivity contribution in [2.45, 2.75) is 13.8 Å². The van der Waals surface area contributed by atoms with Crippen LogP contribution in [0.5, 0.6) is 5.75 Å². The lowest BCUT2D eigenvalue weighted by atomic mass is 10.1. The molecule has 0 unspecified atom stereocenters. The van der Waals surface area contributed by atoms with E-state index in [1.165, 1.54) is 6.07 Å². The number of aryl methyl sites for hydroxylation is 2. The first-order valence-corrected chi connectivity index (χ1v) is 5.85. The predicted octanol–water partition coefficient (Wildman–Crippen LogP) is 2.33. The van der Waals surface area contributed by atoms with Crippen LogP contribution < -0.4 is 10.2 Å². The Morgan fingerprint density at radius 2 is 2.00 bits per heavy atom. The molecule has 0 spiro atoms. The molecule has 1 heterocycles. The fraction of sp³-hybridized carbons (Fsp3) is 0.200. The highest BCUT2D eigenvalue weighted by Crippen LogP contribution is 2.24. The van der Waals surface area contributed by atoms with E-state index >= 15 is 0 Å². The normalized spacial score (nSPS) is 10.0. The molecule has 19 heavy (non-hydrogen) atoms. The minimum absolute atomic E-state index is 0.120. The van der Waals surface area contributed by atoms with E-state index in [0.717, 1.165) is 16.9 Å². The third-order valence-electron chi connectivity index (χ3n) is 2.96. The minimum Gasteiger partial charge on any atom is -0.495 e. The molecule has 0 aliphatic carbocycles. The quantitative estimate of drug-likeness (QED) is 0.826. The van der Waals surface area contributed by atoms with E-state index in [4.69, 9.17) is 10.00 Å². The largest absolute Gasteiger partial charge is 0.495 e. The van der Waals surface area contributed by atoms with Crippen LogP contribution >= 0.6 is 0 Å². The van der Waals surface area contributed by atoms with Crippen LogP contribution in [-0.4, -0.2) is 11.7 Å². The van der Waals surface area contributed by atoms with Crippen molar-refractivity contribution in [1.29, 1.82) is 5.26 Å². The number of aromatic nitrogens is 1. The second-order valence-electron chi connectivity index (χ2n) is 4.35. The van der Waals surface area contributed by atoms with Crippen molar-refractivity contribution in [3.05, 3.63) is 57.5 Å². The van der Waals surface area contributed by atoms with Gasteiger partial charge >= 0.3 is 0 Å². The summed E-state index contributed by atoms with van der Waals surface area (Å²) in [5.41, 5.74) is 2.51. The summed E-state index contributed by atoms with van der Waals surface area (Å²) in [6.07, 6.45) is 1.55. The molecule has 0 aliphatic heterocycles. The van der Waals surface area contributed by atoms with Crippen LogP contribution in [0.15, 0.2) is 35.3 Å². The van der Waals surface area contributed by atoms with Crippen molar-refractivity contribution in [2.24, 2.45) is 0 Å². The van der Waals surface area contributed by atoms with Gasteiger partial charge in [-0.2, -0.15) is 5.26 Å².